The van der Waals surface area contributed by atoms with E-state index in [-0.39, 0.29) is 6.09 Å². The Labute approximate surface area is 174 Å². The van der Waals surface area contributed by atoms with Crippen molar-refractivity contribution in [3.8, 4) is 0 Å². The fraction of sp³-hybridized carbons (Fsp3) is 0.400. The topological polar surface area (TPSA) is 41.6 Å². The van der Waals surface area contributed by atoms with Gasteiger partial charge in [0.15, 0.2) is 0 Å². The molecule has 1 aliphatic heterocycles. The minimum atomic E-state index is -0.535. The highest BCUT2D eigenvalue weighted by Gasteiger charge is 2.42. The number of hydrogen-bond donors (Lipinski definition) is 1. The van der Waals surface area contributed by atoms with Crippen LogP contribution in [-0.2, 0) is 16.8 Å². The van der Waals surface area contributed by atoms with Crippen LogP contribution in [0, 0.1) is 0 Å². The number of carbonyl (C=O) groups excluding carboxylic acids is 1. The lowest BCUT2D eigenvalue weighted by Crippen LogP contribution is -2.49. The quantitative estimate of drug-likeness (QED) is 0.746. The molecule has 4 heteroatoms. The first-order chi connectivity index (χ1) is 13.7. The van der Waals surface area contributed by atoms with Gasteiger partial charge in [0.05, 0.1) is 5.54 Å². The molecule has 154 valence electrons. The van der Waals surface area contributed by atoms with Crippen molar-refractivity contribution in [1.82, 2.24) is 10.2 Å². The second kappa shape index (κ2) is 8.42. The molecule has 1 unspecified atom stereocenters. The Morgan fingerprint density at radius 3 is 2.55 bits per heavy atom. The normalized spacial score (nSPS) is 19.7. The van der Waals surface area contributed by atoms with Crippen LogP contribution >= 0.6 is 0 Å². The lowest BCUT2D eigenvalue weighted by atomic mass is 9.87. The molecular formula is C25H32N2O2. The van der Waals surface area contributed by atoms with Gasteiger partial charge in [0.2, 0.25) is 0 Å². The van der Waals surface area contributed by atoms with Crippen LogP contribution in [-0.4, -0.2) is 29.7 Å². The molecular weight excluding hydrogens is 360 g/mol. The highest BCUT2D eigenvalue weighted by molar-refractivity contribution is 5.70. The lowest BCUT2D eigenvalue weighted by molar-refractivity contribution is 0.0454. The van der Waals surface area contributed by atoms with E-state index in [1.54, 1.807) is 0 Å². The van der Waals surface area contributed by atoms with Crippen LogP contribution in [0.4, 0.5) is 4.79 Å². The van der Waals surface area contributed by atoms with Crippen LogP contribution in [0.2, 0.25) is 0 Å². The average Bonchev–Trinajstić information content (AvgIpc) is 3.04. The van der Waals surface area contributed by atoms with Gasteiger partial charge in [-0.05, 0) is 56.9 Å². The summed E-state index contributed by atoms with van der Waals surface area (Å²) >= 11 is 0. The fourth-order valence-electron chi connectivity index (χ4n) is 3.86. The molecule has 29 heavy (non-hydrogen) atoms. The molecule has 0 saturated carbocycles. The minimum absolute atomic E-state index is 0.375. The van der Waals surface area contributed by atoms with Crippen molar-refractivity contribution in [3.05, 3.63) is 77.9 Å². The van der Waals surface area contributed by atoms with Gasteiger partial charge in [0.1, 0.15) is 5.60 Å². The molecule has 1 atom stereocenters. The number of amides is 1. The zero-order valence-corrected chi connectivity index (χ0v) is 18.0. The highest BCUT2D eigenvalue weighted by Crippen LogP contribution is 2.34. The summed E-state index contributed by atoms with van der Waals surface area (Å²) in [6.07, 6.45) is 0.457. The maximum atomic E-state index is 12.7. The predicted octanol–water partition coefficient (Wildman–Crippen LogP) is 5.35. The van der Waals surface area contributed by atoms with E-state index < -0.39 is 11.1 Å². The standard InChI is InChI=1S/C25H32N2O2/c1-19(2)21-12-9-13-22(16-21)25(26-23(28)29-24(3,4)5)14-15-27(18-25)17-20-10-7-6-8-11-20/h6-13,16H,1,14-15,17-18H2,2-5H3,(H,26,28). The van der Waals surface area contributed by atoms with Crippen LogP contribution in [0.1, 0.15) is 50.8 Å². The van der Waals surface area contributed by atoms with Crippen LogP contribution in [0.3, 0.4) is 0 Å². The van der Waals surface area contributed by atoms with Crippen molar-refractivity contribution in [3.63, 3.8) is 0 Å². The summed E-state index contributed by atoms with van der Waals surface area (Å²) in [6, 6.07) is 18.8. The second-order valence-electron chi connectivity index (χ2n) is 9.02. The number of ether oxygens (including phenoxy) is 1. The van der Waals surface area contributed by atoms with Crippen molar-refractivity contribution >= 4 is 11.7 Å². The number of hydrogen-bond acceptors (Lipinski definition) is 3. The van der Waals surface area contributed by atoms with Crippen molar-refractivity contribution in [2.45, 2.75) is 51.8 Å². The first kappa shape index (κ1) is 21.1. The molecule has 1 amide bonds. The molecule has 3 rings (SSSR count). The molecule has 0 spiro atoms. The zero-order valence-electron chi connectivity index (χ0n) is 18.0. The molecule has 2 aromatic carbocycles. The van der Waals surface area contributed by atoms with Crippen molar-refractivity contribution in [2.75, 3.05) is 13.1 Å². The Bertz CT molecular complexity index is 870. The third-order valence-corrected chi connectivity index (χ3v) is 5.25. The van der Waals surface area contributed by atoms with E-state index in [4.69, 9.17) is 4.74 Å². The van der Waals surface area contributed by atoms with Gasteiger partial charge in [0.25, 0.3) is 0 Å². The summed E-state index contributed by atoms with van der Waals surface area (Å²) < 4.78 is 5.59. The molecule has 1 heterocycles. The van der Waals surface area contributed by atoms with Gasteiger partial charge < -0.3 is 10.1 Å². The number of benzene rings is 2. The molecule has 0 aliphatic carbocycles. The molecule has 0 aromatic heterocycles. The number of nitrogens with one attached hydrogen (secondary N) is 1. The Morgan fingerprint density at radius 1 is 1.17 bits per heavy atom. The summed E-state index contributed by atoms with van der Waals surface area (Å²) in [4.78, 5) is 15.1. The smallest absolute Gasteiger partial charge is 0.408 e. The number of carbonyl (C=O) groups is 1. The van der Waals surface area contributed by atoms with Crippen LogP contribution in [0.5, 0.6) is 0 Å². The summed E-state index contributed by atoms with van der Waals surface area (Å²) in [5, 5.41) is 3.21. The lowest BCUT2D eigenvalue weighted by Gasteiger charge is -2.33. The molecule has 1 fully saturated rings. The van der Waals surface area contributed by atoms with E-state index in [9.17, 15) is 4.79 Å². The highest BCUT2D eigenvalue weighted by atomic mass is 16.6. The fourth-order valence-corrected chi connectivity index (χ4v) is 3.86. The van der Waals surface area contributed by atoms with Crippen molar-refractivity contribution < 1.29 is 9.53 Å². The van der Waals surface area contributed by atoms with Gasteiger partial charge in [0, 0.05) is 19.6 Å². The maximum absolute atomic E-state index is 12.7. The summed E-state index contributed by atoms with van der Waals surface area (Å²) in [5.41, 5.74) is 3.46. The largest absolute Gasteiger partial charge is 0.444 e. The van der Waals surface area contributed by atoms with Gasteiger partial charge in [-0.1, -0.05) is 60.7 Å². The number of allylic oxidation sites excluding steroid dienone is 1. The van der Waals surface area contributed by atoms with E-state index in [2.05, 4.69) is 59.3 Å². The molecule has 0 bridgehead atoms. The predicted molar refractivity (Wildman–Crippen MR) is 119 cm³/mol. The third kappa shape index (κ3) is 5.48. The number of nitrogens with zero attached hydrogens (tertiary/aromatic N) is 1. The Hall–Kier alpha value is -2.59. The van der Waals surface area contributed by atoms with E-state index in [0.29, 0.717) is 0 Å². The number of likely N-dealkylation sites (tertiary alicyclic amines) is 1. The number of rotatable bonds is 5. The third-order valence-electron chi connectivity index (χ3n) is 5.25. The SMILES string of the molecule is C=C(C)c1cccc(C2(NC(=O)OC(C)(C)C)CCN(Cc3ccccc3)C2)c1. The summed E-state index contributed by atoms with van der Waals surface area (Å²) in [5.74, 6) is 0. The summed E-state index contributed by atoms with van der Waals surface area (Å²) in [7, 11) is 0. The molecule has 2 aromatic rings. The first-order valence-electron chi connectivity index (χ1n) is 10.2. The van der Waals surface area contributed by atoms with Crippen LogP contribution < -0.4 is 5.32 Å². The molecule has 0 radical (unpaired) electrons. The Kier molecular flexibility index (Phi) is 6.13. The molecule has 1 N–H and O–H groups in total. The van der Waals surface area contributed by atoms with Gasteiger partial charge in [-0.3, -0.25) is 4.90 Å². The van der Waals surface area contributed by atoms with E-state index in [1.807, 2.05) is 39.8 Å². The maximum Gasteiger partial charge on any atom is 0.408 e. The number of alkyl carbamates (subject to hydrolysis) is 1. The zero-order chi connectivity index (χ0) is 21.1. The van der Waals surface area contributed by atoms with Crippen LogP contribution in [0.25, 0.3) is 5.57 Å². The Morgan fingerprint density at radius 2 is 1.90 bits per heavy atom. The van der Waals surface area contributed by atoms with Gasteiger partial charge in [-0.15, -0.1) is 0 Å². The molecule has 4 nitrogen and oxygen atoms in total. The summed E-state index contributed by atoms with van der Waals surface area (Å²) in [6.45, 7) is 14.2. The van der Waals surface area contributed by atoms with Crippen LogP contribution in [0.15, 0.2) is 61.2 Å². The minimum Gasteiger partial charge on any atom is -0.444 e. The van der Waals surface area contributed by atoms with Gasteiger partial charge >= 0.3 is 6.09 Å². The van der Waals surface area contributed by atoms with Gasteiger partial charge in [-0.2, -0.15) is 0 Å². The van der Waals surface area contributed by atoms with E-state index in [1.165, 1.54) is 5.56 Å². The van der Waals surface area contributed by atoms with Crippen molar-refractivity contribution in [1.29, 1.82) is 0 Å². The monoisotopic (exact) mass is 392 g/mol. The van der Waals surface area contributed by atoms with Crippen molar-refractivity contribution in [2.24, 2.45) is 0 Å². The van der Waals surface area contributed by atoms with Gasteiger partial charge in [-0.25, -0.2) is 4.79 Å². The average molecular weight is 393 g/mol. The molecule has 1 aliphatic rings. The second-order valence-corrected chi connectivity index (χ2v) is 9.02. The van der Waals surface area contributed by atoms with E-state index >= 15 is 0 Å². The molecule has 1 saturated heterocycles. The Balaban J connectivity index is 1.87. The van der Waals surface area contributed by atoms with E-state index in [0.717, 1.165) is 42.8 Å². The first-order valence-corrected chi connectivity index (χ1v) is 10.2.